The van der Waals surface area contributed by atoms with Crippen LogP contribution in [-0.4, -0.2) is 57.8 Å². The van der Waals surface area contributed by atoms with E-state index in [-0.39, 0.29) is 46.0 Å². The maximum atomic E-state index is 12.6. The van der Waals surface area contributed by atoms with Crippen molar-refractivity contribution >= 4 is 33.8 Å². The molecule has 1 aromatic rings. The minimum atomic E-state index is -3.52. The van der Waals surface area contributed by atoms with E-state index in [1.54, 1.807) is 0 Å². The molecule has 0 bridgehead atoms. The molecule has 1 amide bonds. The highest BCUT2D eigenvalue weighted by Gasteiger charge is 2.25. The Balaban J connectivity index is 0.00000338. The number of nitrogens with two attached hydrogens (primary N) is 1. The molecule has 1 saturated heterocycles. The summed E-state index contributed by atoms with van der Waals surface area (Å²) in [5.74, 6) is -0.172. The summed E-state index contributed by atoms with van der Waals surface area (Å²) in [6, 6.07) is 3.02. The fourth-order valence-electron chi connectivity index (χ4n) is 3.20. The van der Waals surface area contributed by atoms with Crippen LogP contribution in [0.15, 0.2) is 17.0 Å². The molecule has 1 aromatic carbocycles. The number of likely N-dealkylation sites (N-methyl/N-ethyl adjacent to an activating group) is 1. The average Bonchev–Trinajstić information content (AvgIpc) is 3.06. The lowest BCUT2D eigenvalue weighted by Crippen LogP contribution is -2.40. The summed E-state index contributed by atoms with van der Waals surface area (Å²) in [7, 11) is -2.10. The molecule has 0 radical (unpaired) electrons. The molecule has 0 aromatic heterocycles. The summed E-state index contributed by atoms with van der Waals surface area (Å²) >= 11 is 0. The van der Waals surface area contributed by atoms with Crippen molar-refractivity contribution in [2.24, 2.45) is 0 Å². The SMILES string of the molecule is CCN1CCCC1CNC(=O)c1cc(S(=O)(=O)CC)c(N)cc1OC.Cl. The highest BCUT2D eigenvalue weighted by Crippen LogP contribution is 2.29. The lowest BCUT2D eigenvalue weighted by molar-refractivity contribution is 0.0938. The van der Waals surface area contributed by atoms with Crippen LogP contribution in [0.25, 0.3) is 0 Å². The molecule has 0 aliphatic carbocycles. The minimum absolute atomic E-state index is 0. The average molecular weight is 406 g/mol. The van der Waals surface area contributed by atoms with Crippen LogP contribution >= 0.6 is 12.4 Å². The fraction of sp³-hybridized carbons (Fsp3) is 0.588. The van der Waals surface area contributed by atoms with E-state index in [2.05, 4.69) is 17.1 Å². The molecular weight excluding hydrogens is 378 g/mol. The van der Waals surface area contributed by atoms with Gasteiger partial charge in [0.05, 0.1) is 29.0 Å². The third-order valence-corrected chi connectivity index (χ3v) is 6.48. The number of nitrogen functional groups attached to an aromatic ring is 1. The van der Waals surface area contributed by atoms with Crippen molar-refractivity contribution in [2.45, 2.75) is 37.6 Å². The molecule has 7 nitrogen and oxygen atoms in total. The van der Waals surface area contributed by atoms with Crippen molar-refractivity contribution in [3.05, 3.63) is 17.7 Å². The van der Waals surface area contributed by atoms with Crippen LogP contribution in [0.5, 0.6) is 5.75 Å². The first-order chi connectivity index (χ1) is 11.8. The Morgan fingerprint density at radius 1 is 1.38 bits per heavy atom. The number of hydrogen-bond donors (Lipinski definition) is 2. The van der Waals surface area contributed by atoms with Crippen molar-refractivity contribution < 1.29 is 17.9 Å². The summed E-state index contributed by atoms with van der Waals surface area (Å²) in [4.78, 5) is 14.9. The van der Waals surface area contributed by atoms with Crippen molar-refractivity contribution in [3.8, 4) is 5.75 Å². The van der Waals surface area contributed by atoms with E-state index in [0.717, 1.165) is 25.9 Å². The molecule has 26 heavy (non-hydrogen) atoms. The standard InChI is InChI=1S/C17H27N3O4S.ClH/c1-4-20-8-6-7-12(20)11-19-17(21)13-9-16(25(22,23)5-2)14(18)10-15(13)24-3;/h9-10,12H,4-8,11,18H2,1-3H3,(H,19,21);1H. The van der Waals surface area contributed by atoms with Gasteiger partial charge in [-0.05, 0) is 32.0 Å². The lowest BCUT2D eigenvalue weighted by atomic mass is 10.1. The van der Waals surface area contributed by atoms with E-state index in [9.17, 15) is 13.2 Å². The molecule has 148 valence electrons. The highest BCUT2D eigenvalue weighted by atomic mass is 35.5. The summed E-state index contributed by atoms with van der Waals surface area (Å²) in [6.45, 7) is 6.16. The zero-order valence-electron chi connectivity index (χ0n) is 15.4. The number of carbonyl (C=O) groups is 1. The molecule has 0 spiro atoms. The van der Waals surface area contributed by atoms with Gasteiger partial charge in [-0.25, -0.2) is 8.42 Å². The number of nitrogens with zero attached hydrogens (tertiary/aromatic N) is 1. The van der Waals surface area contributed by atoms with Crippen LogP contribution in [-0.2, 0) is 9.84 Å². The third kappa shape index (κ3) is 4.81. The first kappa shape index (κ1) is 22.5. The predicted molar refractivity (Wildman–Crippen MR) is 105 cm³/mol. The molecule has 1 aliphatic heterocycles. The topological polar surface area (TPSA) is 102 Å². The summed E-state index contributed by atoms with van der Waals surface area (Å²) in [5, 5.41) is 2.90. The number of rotatable bonds is 7. The van der Waals surface area contributed by atoms with E-state index in [0.29, 0.717) is 12.6 Å². The number of hydrogen-bond acceptors (Lipinski definition) is 6. The normalized spacial score (nSPS) is 17.6. The molecule has 9 heteroatoms. The maximum absolute atomic E-state index is 12.6. The zero-order chi connectivity index (χ0) is 18.6. The first-order valence-electron chi connectivity index (χ1n) is 8.56. The zero-order valence-corrected chi connectivity index (χ0v) is 17.1. The van der Waals surface area contributed by atoms with E-state index < -0.39 is 9.84 Å². The number of methoxy groups -OCH3 is 1. The Morgan fingerprint density at radius 2 is 2.08 bits per heavy atom. The number of nitrogens with one attached hydrogen (secondary N) is 1. The molecule has 1 fully saturated rings. The molecular formula is C17H28ClN3O4S. The van der Waals surface area contributed by atoms with Crippen molar-refractivity contribution in [1.82, 2.24) is 10.2 Å². The lowest BCUT2D eigenvalue weighted by Gasteiger charge is -2.23. The van der Waals surface area contributed by atoms with Crippen LogP contribution in [0, 0.1) is 0 Å². The Labute approximate surface area is 161 Å². The quantitative estimate of drug-likeness (QED) is 0.669. The monoisotopic (exact) mass is 405 g/mol. The Kier molecular flexibility index (Phi) is 8.17. The third-order valence-electron chi connectivity index (χ3n) is 4.70. The number of anilines is 1. The fourth-order valence-corrected chi connectivity index (χ4v) is 4.22. The molecule has 0 saturated carbocycles. The van der Waals surface area contributed by atoms with Gasteiger partial charge in [-0.3, -0.25) is 9.69 Å². The smallest absolute Gasteiger partial charge is 0.255 e. The molecule has 1 unspecified atom stereocenters. The number of benzene rings is 1. The van der Waals surface area contributed by atoms with Crippen LogP contribution < -0.4 is 15.8 Å². The van der Waals surface area contributed by atoms with Gasteiger partial charge in [0.25, 0.3) is 5.91 Å². The molecule has 1 atom stereocenters. The number of amides is 1. The van der Waals surface area contributed by atoms with Gasteiger partial charge in [0.2, 0.25) is 0 Å². The maximum Gasteiger partial charge on any atom is 0.255 e. The minimum Gasteiger partial charge on any atom is -0.496 e. The van der Waals surface area contributed by atoms with Gasteiger partial charge in [-0.15, -0.1) is 12.4 Å². The van der Waals surface area contributed by atoms with E-state index in [1.165, 1.54) is 26.2 Å². The molecule has 3 N–H and O–H groups in total. The summed E-state index contributed by atoms with van der Waals surface area (Å²) in [5.41, 5.74) is 6.11. The van der Waals surface area contributed by atoms with E-state index >= 15 is 0 Å². The summed E-state index contributed by atoms with van der Waals surface area (Å²) < 4.78 is 29.6. The second kappa shape index (κ2) is 9.43. The van der Waals surface area contributed by atoms with Crippen molar-refractivity contribution in [3.63, 3.8) is 0 Å². The second-order valence-corrected chi connectivity index (χ2v) is 8.38. The second-order valence-electron chi connectivity index (χ2n) is 6.13. The van der Waals surface area contributed by atoms with Gasteiger partial charge in [0.15, 0.2) is 9.84 Å². The predicted octanol–water partition coefficient (Wildman–Crippen LogP) is 1.71. The highest BCUT2D eigenvalue weighted by molar-refractivity contribution is 7.91. The van der Waals surface area contributed by atoms with Crippen LogP contribution in [0.4, 0.5) is 5.69 Å². The van der Waals surface area contributed by atoms with Crippen LogP contribution in [0.1, 0.15) is 37.0 Å². The first-order valence-corrected chi connectivity index (χ1v) is 10.2. The van der Waals surface area contributed by atoms with Crippen LogP contribution in [0.2, 0.25) is 0 Å². The van der Waals surface area contributed by atoms with Gasteiger partial charge < -0.3 is 15.8 Å². The van der Waals surface area contributed by atoms with Gasteiger partial charge in [0, 0.05) is 18.7 Å². The number of halogens is 1. The summed E-state index contributed by atoms with van der Waals surface area (Å²) in [6.07, 6.45) is 2.17. The number of likely N-dealkylation sites (tertiary alicyclic amines) is 1. The van der Waals surface area contributed by atoms with Gasteiger partial charge in [-0.1, -0.05) is 13.8 Å². The van der Waals surface area contributed by atoms with Crippen LogP contribution in [0.3, 0.4) is 0 Å². The molecule has 1 heterocycles. The Hall–Kier alpha value is -1.51. The Bertz CT molecular complexity index is 740. The largest absolute Gasteiger partial charge is 0.496 e. The van der Waals surface area contributed by atoms with Crippen molar-refractivity contribution in [1.29, 1.82) is 0 Å². The van der Waals surface area contributed by atoms with E-state index in [1.807, 2.05) is 0 Å². The number of ether oxygens (including phenoxy) is 1. The van der Waals surface area contributed by atoms with Crippen molar-refractivity contribution in [2.75, 3.05) is 38.2 Å². The number of carbonyl (C=O) groups excluding carboxylic acids is 1. The van der Waals surface area contributed by atoms with Gasteiger partial charge in [-0.2, -0.15) is 0 Å². The molecule has 2 rings (SSSR count). The van der Waals surface area contributed by atoms with E-state index in [4.69, 9.17) is 10.5 Å². The molecule has 1 aliphatic rings. The van der Waals surface area contributed by atoms with Gasteiger partial charge in [0.1, 0.15) is 5.75 Å². The number of sulfone groups is 1. The van der Waals surface area contributed by atoms with Gasteiger partial charge >= 0.3 is 0 Å². The Morgan fingerprint density at radius 3 is 2.65 bits per heavy atom.